The van der Waals surface area contributed by atoms with E-state index in [2.05, 4.69) is 6.58 Å². The number of esters is 2. The number of nitrogen functional groups attached to an aromatic ring is 2. The maximum Gasteiger partial charge on any atom is 0.331 e. The van der Waals surface area contributed by atoms with Crippen LogP contribution in [-0.2, 0) is 20.9 Å². The Morgan fingerprint density at radius 3 is 2.42 bits per heavy atom. The number of anilines is 2. The second-order valence-electron chi connectivity index (χ2n) is 7.74. The van der Waals surface area contributed by atoms with Crippen LogP contribution in [0.5, 0.6) is 5.75 Å². The number of carbonyl (C=O) groups excluding carboxylic acids is 2. The first kappa shape index (κ1) is 22.2. The molecule has 1 saturated carbocycles. The lowest BCUT2D eigenvalue weighted by Gasteiger charge is -2.24. The van der Waals surface area contributed by atoms with E-state index in [0.29, 0.717) is 28.6 Å². The van der Waals surface area contributed by atoms with Crippen molar-refractivity contribution in [2.24, 2.45) is 11.8 Å². The summed E-state index contributed by atoms with van der Waals surface area (Å²) >= 11 is 0. The van der Waals surface area contributed by atoms with Crippen LogP contribution in [0.25, 0.3) is 6.08 Å². The van der Waals surface area contributed by atoms with Crippen molar-refractivity contribution in [2.45, 2.75) is 32.3 Å². The van der Waals surface area contributed by atoms with E-state index < -0.39 is 5.97 Å². The molecule has 162 valence electrons. The van der Waals surface area contributed by atoms with Gasteiger partial charge in [-0.2, -0.15) is 0 Å². The van der Waals surface area contributed by atoms with Crippen LogP contribution in [-0.4, -0.2) is 11.9 Å². The first-order valence-corrected chi connectivity index (χ1v) is 10.4. The van der Waals surface area contributed by atoms with Crippen LogP contribution in [0.3, 0.4) is 0 Å². The molecule has 0 aromatic heterocycles. The van der Waals surface area contributed by atoms with Crippen LogP contribution in [0.4, 0.5) is 11.4 Å². The van der Waals surface area contributed by atoms with Gasteiger partial charge in [0.1, 0.15) is 12.4 Å². The normalized spacial score (nSPS) is 18.5. The van der Waals surface area contributed by atoms with Gasteiger partial charge in [0.05, 0.1) is 5.92 Å². The Kier molecular flexibility index (Phi) is 7.49. The van der Waals surface area contributed by atoms with E-state index in [0.717, 1.165) is 31.2 Å². The molecule has 1 aliphatic rings. The number of hydrogen-bond donors (Lipinski definition) is 2. The van der Waals surface area contributed by atoms with Crippen LogP contribution in [0.1, 0.15) is 36.8 Å². The summed E-state index contributed by atoms with van der Waals surface area (Å²) in [7, 11) is 0. The third-order valence-corrected chi connectivity index (χ3v) is 5.49. The van der Waals surface area contributed by atoms with E-state index in [9.17, 15) is 9.59 Å². The highest BCUT2D eigenvalue weighted by Crippen LogP contribution is 2.30. The van der Waals surface area contributed by atoms with E-state index in [4.69, 9.17) is 20.9 Å². The minimum atomic E-state index is -0.493. The summed E-state index contributed by atoms with van der Waals surface area (Å²) in [5.41, 5.74) is 14.1. The van der Waals surface area contributed by atoms with Gasteiger partial charge in [-0.05, 0) is 73.6 Å². The van der Waals surface area contributed by atoms with Crippen molar-refractivity contribution in [1.29, 1.82) is 0 Å². The molecule has 4 N–H and O–H groups in total. The number of allylic oxidation sites excluding steroid dienone is 1. The predicted octanol–water partition coefficient (Wildman–Crippen LogP) is 4.51. The fourth-order valence-corrected chi connectivity index (χ4v) is 3.55. The Balaban J connectivity index is 1.47. The summed E-state index contributed by atoms with van der Waals surface area (Å²) < 4.78 is 10.7. The molecule has 31 heavy (non-hydrogen) atoms. The molecule has 0 radical (unpaired) electrons. The van der Waals surface area contributed by atoms with Crippen LogP contribution < -0.4 is 16.2 Å². The minimum absolute atomic E-state index is 0.0453. The number of benzene rings is 2. The van der Waals surface area contributed by atoms with Crippen molar-refractivity contribution in [3.63, 3.8) is 0 Å². The van der Waals surface area contributed by atoms with E-state index in [-0.39, 0.29) is 18.5 Å². The average molecular weight is 421 g/mol. The zero-order valence-corrected chi connectivity index (χ0v) is 17.5. The smallest absolute Gasteiger partial charge is 0.331 e. The minimum Gasteiger partial charge on any atom is -0.458 e. The largest absolute Gasteiger partial charge is 0.458 e. The highest BCUT2D eigenvalue weighted by atomic mass is 16.5. The van der Waals surface area contributed by atoms with Crippen molar-refractivity contribution >= 4 is 29.4 Å². The standard InChI is InChI=1S/C25H28N2O4/c1-2-17-3-8-19(9-4-17)25(29)31-22-11-5-18(6-12-22)7-14-24(28)30-16-20-15-21(26)10-13-23(20)27/h2,5-7,10-15,17,19H,1,3-4,8-9,16,26-27H2/b14-7+. The molecular formula is C25H28N2O4. The number of nitrogens with two attached hydrogens (primary N) is 2. The summed E-state index contributed by atoms with van der Waals surface area (Å²) in [4.78, 5) is 24.3. The quantitative estimate of drug-likeness (QED) is 0.225. The molecule has 2 aromatic carbocycles. The predicted molar refractivity (Wildman–Crippen MR) is 122 cm³/mol. The maximum absolute atomic E-state index is 12.4. The Bertz CT molecular complexity index is 958. The molecule has 0 saturated heterocycles. The van der Waals surface area contributed by atoms with Gasteiger partial charge in [0.25, 0.3) is 0 Å². The Hall–Kier alpha value is -3.54. The molecule has 2 aromatic rings. The van der Waals surface area contributed by atoms with Crippen molar-refractivity contribution in [1.82, 2.24) is 0 Å². The van der Waals surface area contributed by atoms with Gasteiger partial charge >= 0.3 is 11.9 Å². The first-order chi connectivity index (χ1) is 14.9. The van der Waals surface area contributed by atoms with Gasteiger partial charge in [-0.3, -0.25) is 4.79 Å². The summed E-state index contributed by atoms with van der Waals surface area (Å²) in [6.45, 7) is 3.87. The SMILES string of the molecule is C=CC1CCC(C(=O)Oc2ccc(/C=C/C(=O)OCc3cc(N)ccc3N)cc2)CC1. The van der Waals surface area contributed by atoms with Crippen molar-refractivity contribution in [2.75, 3.05) is 11.5 Å². The Labute approximate surface area is 182 Å². The molecule has 1 aliphatic carbocycles. The van der Waals surface area contributed by atoms with Crippen LogP contribution >= 0.6 is 0 Å². The molecule has 0 aliphatic heterocycles. The van der Waals surface area contributed by atoms with Gasteiger partial charge in [0.2, 0.25) is 0 Å². The Morgan fingerprint density at radius 1 is 1.03 bits per heavy atom. The molecule has 0 amide bonds. The van der Waals surface area contributed by atoms with Gasteiger partial charge in [-0.1, -0.05) is 18.2 Å². The molecule has 1 fully saturated rings. The number of ether oxygens (including phenoxy) is 2. The molecule has 3 rings (SSSR count). The molecular weight excluding hydrogens is 392 g/mol. The lowest BCUT2D eigenvalue weighted by molar-refractivity contribution is -0.140. The van der Waals surface area contributed by atoms with E-state index in [1.54, 1.807) is 48.5 Å². The van der Waals surface area contributed by atoms with Gasteiger partial charge < -0.3 is 20.9 Å². The second-order valence-corrected chi connectivity index (χ2v) is 7.74. The van der Waals surface area contributed by atoms with Crippen LogP contribution in [0.2, 0.25) is 0 Å². The van der Waals surface area contributed by atoms with Gasteiger partial charge in [-0.25, -0.2) is 4.79 Å². The van der Waals surface area contributed by atoms with Crippen LogP contribution in [0, 0.1) is 11.8 Å². The van der Waals surface area contributed by atoms with E-state index in [1.807, 2.05) is 6.08 Å². The number of rotatable bonds is 7. The first-order valence-electron chi connectivity index (χ1n) is 10.4. The van der Waals surface area contributed by atoms with Gasteiger partial charge in [0, 0.05) is 23.0 Å². The highest BCUT2D eigenvalue weighted by molar-refractivity contribution is 5.87. The third kappa shape index (κ3) is 6.47. The summed E-state index contributed by atoms with van der Waals surface area (Å²) in [5, 5.41) is 0. The molecule has 6 heteroatoms. The van der Waals surface area contributed by atoms with Crippen molar-refractivity contribution < 1.29 is 19.1 Å². The summed E-state index contributed by atoms with van der Waals surface area (Å²) in [6.07, 6.45) is 8.56. The molecule has 0 atom stereocenters. The Morgan fingerprint density at radius 2 is 1.74 bits per heavy atom. The molecule has 0 spiro atoms. The van der Waals surface area contributed by atoms with E-state index >= 15 is 0 Å². The van der Waals surface area contributed by atoms with Crippen molar-refractivity contribution in [3.05, 3.63) is 72.3 Å². The second kappa shape index (κ2) is 10.5. The third-order valence-electron chi connectivity index (χ3n) is 5.49. The fraction of sp³-hybridized carbons (Fsp3) is 0.280. The lowest BCUT2D eigenvalue weighted by Crippen LogP contribution is -2.25. The molecule has 0 unspecified atom stereocenters. The summed E-state index contributed by atoms with van der Waals surface area (Å²) in [5.74, 6) is 0.264. The molecule has 6 nitrogen and oxygen atoms in total. The van der Waals surface area contributed by atoms with Gasteiger partial charge in [0.15, 0.2) is 0 Å². The monoisotopic (exact) mass is 420 g/mol. The topological polar surface area (TPSA) is 105 Å². The lowest BCUT2D eigenvalue weighted by atomic mass is 9.82. The zero-order valence-electron chi connectivity index (χ0n) is 17.5. The van der Waals surface area contributed by atoms with Crippen molar-refractivity contribution in [3.8, 4) is 5.75 Å². The summed E-state index contributed by atoms with van der Waals surface area (Å²) in [6, 6.07) is 12.0. The van der Waals surface area contributed by atoms with E-state index in [1.165, 1.54) is 6.08 Å². The average Bonchev–Trinajstić information content (AvgIpc) is 2.79. The molecule has 0 bridgehead atoms. The highest BCUT2D eigenvalue weighted by Gasteiger charge is 2.26. The molecule has 0 heterocycles. The van der Waals surface area contributed by atoms with Gasteiger partial charge in [-0.15, -0.1) is 6.58 Å². The van der Waals surface area contributed by atoms with Crippen LogP contribution in [0.15, 0.2) is 61.2 Å². The fourth-order valence-electron chi connectivity index (χ4n) is 3.55. The maximum atomic E-state index is 12.4. The number of carbonyl (C=O) groups is 2. The number of hydrogen-bond acceptors (Lipinski definition) is 6. The zero-order chi connectivity index (χ0) is 22.2.